The van der Waals surface area contributed by atoms with Gasteiger partial charge in [0, 0.05) is 12.8 Å². The summed E-state index contributed by atoms with van der Waals surface area (Å²) in [6, 6.07) is 26.1. The molecule has 0 aromatic heterocycles. The van der Waals surface area contributed by atoms with Crippen molar-refractivity contribution >= 4 is 0 Å². The van der Waals surface area contributed by atoms with Gasteiger partial charge in [-0.05, 0) is 71.5 Å². The van der Waals surface area contributed by atoms with Crippen LogP contribution in [0.15, 0.2) is 84.9 Å². The average Bonchev–Trinajstić information content (AvgIpc) is 2.92. The Morgan fingerprint density at radius 1 is 0.488 bits per heavy atom. The van der Waals surface area contributed by atoms with Gasteiger partial charge in [0.25, 0.3) is 0 Å². The van der Waals surface area contributed by atoms with Crippen molar-refractivity contribution in [3.63, 3.8) is 0 Å². The van der Waals surface area contributed by atoms with Crippen LogP contribution in [0.3, 0.4) is 0 Å². The molecule has 0 N–H and O–H groups in total. The highest BCUT2D eigenvalue weighted by Crippen LogP contribution is 2.33. The molecule has 4 aromatic carbocycles. The molecule has 0 bridgehead atoms. The molecule has 0 saturated carbocycles. The molecule has 4 rings (SSSR count). The molecule has 9 heteroatoms. The van der Waals surface area contributed by atoms with Gasteiger partial charge in [-0.3, -0.25) is 0 Å². The monoisotopic (exact) mass is 602 g/mol. The molecule has 0 amide bonds. The van der Waals surface area contributed by atoms with E-state index >= 15 is 0 Å². The standard InChI is InChI=1S/C34H32F6O3/c1-23-3-7-25(8-4-23)15-29-17-27(19-41-21-33(35,36)37)11-13-31(29)43-32-14-12-28(20-42-22-34(38,39)40)18-30(32)16-26-9-5-24(2)6-10-26/h3-14,17-18H,15-16,19-22H2,1-2H3. The molecule has 0 heterocycles. The fourth-order valence-corrected chi connectivity index (χ4v) is 4.46. The minimum absolute atomic E-state index is 0.216. The Labute approximate surface area is 247 Å². The lowest BCUT2D eigenvalue weighted by molar-refractivity contribution is -0.177. The number of hydrogen-bond donors (Lipinski definition) is 0. The molecule has 4 aromatic rings. The van der Waals surface area contributed by atoms with Crippen LogP contribution in [-0.4, -0.2) is 25.6 Å². The van der Waals surface area contributed by atoms with Gasteiger partial charge in [-0.15, -0.1) is 0 Å². The van der Waals surface area contributed by atoms with Gasteiger partial charge in [0.2, 0.25) is 0 Å². The van der Waals surface area contributed by atoms with E-state index in [1.54, 1.807) is 36.4 Å². The Morgan fingerprint density at radius 3 is 1.19 bits per heavy atom. The van der Waals surface area contributed by atoms with Crippen LogP contribution in [0, 0.1) is 13.8 Å². The summed E-state index contributed by atoms with van der Waals surface area (Å²) >= 11 is 0. The molecular formula is C34H32F6O3. The second-order valence-corrected chi connectivity index (χ2v) is 10.5. The summed E-state index contributed by atoms with van der Waals surface area (Å²) < 4.78 is 91.9. The van der Waals surface area contributed by atoms with Crippen molar-refractivity contribution in [2.24, 2.45) is 0 Å². The highest BCUT2D eigenvalue weighted by molar-refractivity contribution is 5.47. The Balaban J connectivity index is 1.64. The Morgan fingerprint density at radius 2 is 0.837 bits per heavy atom. The Bertz CT molecular complexity index is 1360. The third-order valence-corrected chi connectivity index (χ3v) is 6.57. The second-order valence-electron chi connectivity index (χ2n) is 10.5. The molecule has 0 fully saturated rings. The van der Waals surface area contributed by atoms with E-state index in [2.05, 4.69) is 0 Å². The summed E-state index contributed by atoms with van der Waals surface area (Å²) in [4.78, 5) is 0. The molecule has 0 unspecified atom stereocenters. The molecule has 0 spiro atoms. The van der Waals surface area contributed by atoms with Crippen molar-refractivity contribution in [2.45, 2.75) is 52.3 Å². The van der Waals surface area contributed by atoms with Crippen molar-refractivity contribution < 1.29 is 40.6 Å². The molecule has 0 aliphatic carbocycles. The lowest BCUT2D eigenvalue weighted by Crippen LogP contribution is -2.16. The third kappa shape index (κ3) is 10.8. The van der Waals surface area contributed by atoms with E-state index < -0.39 is 25.6 Å². The molecule has 228 valence electrons. The highest BCUT2D eigenvalue weighted by Gasteiger charge is 2.28. The van der Waals surface area contributed by atoms with Gasteiger partial charge in [-0.2, -0.15) is 26.3 Å². The molecule has 43 heavy (non-hydrogen) atoms. The minimum Gasteiger partial charge on any atom is -0.457 e. The lowest BCUT2D eigenvalue weighted by atomic mass is 10.00. The van der Waals surface area contributed by atoms with Gasteiger partial charge < -0.3 is 14.2 Å². The van der Waals surface area contributed by atoms with Gasteiger partial charge in [-0.1, -0.05) is 71.8 Å². The van der Waals surface area contributed by atoms with E-state index in [4.69, 9.17) is 14.2 Å². The second kappa shape index (κ2) is 14.1. The number of alkyl halides is 6. The Kier molecular flexibility index (Phi) is 10.5. The summed E-state index contributed by atoms with van der Waals surface area (Å²) in [6.07, 6.45) is -7.93. The fourth-order valence-electron chi connectivity index (χ4n) is 4.46. The first-order valence-electron chi connectivity index (χ1n) is 13.6. The number of benzene rings is 4. The van der Waals surface area contributed by atoms with E-state index in [0.717, 1.165) is 33.4 Å². The smallest absolute Gasteiger partial charge is 0.411 e. The van der Waals surface area contributed by atoms with Crippen molar-refractivity contribution in [2.75, 3.05) is 13.2 Å². The largest absolute Gasteiger partial charge is 0.457 e. The molecule has 0 atom stereocenters. The fraction of sp³-hybridized carbons (Fsp3) is 0.294. The summed E-state index contributed by atoms with van der Waals surface area (Å²) in [5.74, 6) is 1.01. The molecule has 0 aliphatic heterocycles. The van der Waals surface area contributed by atoms with Crippen LogP contribution in [0.5, 0.6) is 11.5 Å². The average molecular weight is 603 g/mol. The van der Waals surface area contributed by atoms with Crippen LogP contribution in [-0.2, 0) is 35.5 Å². The van der Waals surface area contributed by atoms with Gasteiger partial charge in [0.15, 0.2) is 0 Å². The number of halogens is 6. The first-order chi connectivity index (χ1) is 20.3. The summed E-state index contributed by atoms with van der Waals surface area (Å²) in [7, 11) is 0. The SMILES string of the molecule is Cc1ccc(Cc2cc(COCC(F)(F)F)ccc2Oc2ccc(COCC(F)(F)F)cc2Cc2ccc(C)cc2)cc1. The zero-order chi connectivity index (χ0) is 31.0. The quantitative estimate of drug-likeness (QED) is 0.151. The predicted octanol–water partition coefficient (Wildman–Crippen LogP) is 9.44. The van der Waals surface area contributed by atoms with Crippen molar-refractivity contribution in [3.05, 3.63) is 129 Å². The number of aryl methyl sites for hydroxylation is 2. The number of ether oxygens (including phenoxy) is 3. The van der Waals surface area contributed by atoms with Crippen LogP contribution >= 0.6 is 0 Å². The maximum absolute atomic E-state index is 12.6. The van der Waals surface area contributed by atoms with E-state index in [1.807, 2.05) is 62.4 Å². The minimum atomic E-state index is -4.43. The summed E-state index contributed by atoms with van der Waals surface area (Å²) in [6.45, 7) is 0.826. The van der Waals surface area contributed by atoms with E-state index in [1.165, 1.54) is 0 Å². The van der Waals surface area contributed by atoms with Crippen molar-refractivity contribution in [3.8, 4) is 11.5 Å². The maximum atomic E-state index is 12.6. The van der Waals surface area contributed by atoms with Crippen molar-refractivity contribution in [1.82, 2.24) is 0 Å². The van der Waals surface area contributed by atoms with Crippen molar-refractivity contribution in [1.29, 1.82) is 0 Å². The third-order valence-electron chi connectivity index (χ3n) is 6.57. The predicted molar refractivity (Wildman–Crippen MR) is 152 cm³/mol. The van der Waals surface area contributed by atoms with Crippen LogP contribution in [0.1, 0.15) is 44.5 Å². The summed E-state index contributed by atoms with van der Waals surface area (Å²) in [5, 5.41) is 0. The molecule has 0 aliphatic rings. The van der Waals surface area contributed by atoms with E-state index in [-0.39, 0.29) is 13.2 Å². The van der Waals surface area contributed by atoms with Crippen LogP contribution in [0.4, 0.5) is 26.3 Å². The molecule has 3 nitrogen and oxygen atoms in total. The van der Waals surface area contributed by atoms with Gasteiger partial charge >= 0.3 is 12.4 Å². The molecule has 0 saturated heterocycles. The van der Waals surface area contributed by atoms with Gasteiger partial charge in [-0.25, -0.2) is 0 Å². The summed E-state index contributed by atoms with van der Waals surface area (Å²) in [5.41, 5.74) is 6.78. The van der Waals surface area contributed by atoms with Crippen LogP contribution in [0.2, 0.25) is 0 Å². The first kappa shape index (κ1) is 32.1. The highest BCUT2D eigenvalue weighted by atomic mass is 19.4. The van der Waals surface area contributed by atoms with E-state index in [0.29, 0.717) is 35.5 Å². The maximum Gasteiger partial charge on any atom is 0.411 e. The number of hydrogen-bond acceptors (Lipinski definition) is 3. The molecular weight excluding hydrogens is 570 g/mol. The van der Waals surface area contributed by atoms with Crippen LogP contribution in [0.25, 0.3) is 0 Å². The Hall–Kier alpha value is -3.82. The first-order valence-corrected chi connectivity index (χ1v) is 13.6. The number of rotatable bonds is 12. The van der Waals surface area contributed by atoms with Crippen LogP contribution < -0.4 is 4.74 Å². The topological polar surface area (TPSA) is 27.7 Å². The molecule has 0 radical (unpaired) electrons. The zero-order valence-corrected chi connectivity index (χ0v) is 23.8. The lowest BCUT2D eigenvalue weighted by Gasteiger charge is -2.17. The van der Waals surface area contributed by atoms with E-state index in [9.17, 15) is 26.3 Å². The van der Waals surface area contributed by atoms with Gasteiger partial charge in [0.1, 0.15) is 24.7 Å². The zero-order valence-electron chi connectivity index (χ0n) is 23.8. The van der Waals surface area contributed by atoms with Gasteiger partial charge in [0.05, 0.1) is 13.2 Å². The normalized spacial score (nSPS) is 12.0.